The van der Waals surface area contributed by atoms with Gasteiger partial charge in [-0.3, -0.25) is 0 Å². The first-order chi connectivity index (χ1) is 9.81. The summed E-state index contributed by atoms with van der Waals surface area (Å²) in [6.45, 7) is 0.446. The fourth-order valence-corrected chi connectivity index (χ4v) is 3.85. The molecule has 0 saturated carbocycles. The molecule has 1 aromatic heterocycles. The monoisotopic (exact) mass is 304 g/mol. The summed E-state index contributed by atoms with van der Waals surface area (Å²) in [7, 11) is 0. The van der Waals surface area contributed by atoms with Gasteiger partial charge in [0, 0.05) is 22.8 Å². The van der Waals surface area contributed by atoms with Crippen LogP contribution in [-0.4, -0.2) is 16.6 Å². The number of aromatic amines is 1. The van der Waals surface area contributed by atoms with Crippen molar-refractivity contribution < 1.29 is 9.47 Å². The van der Waals surface area contributed by atoms with Crippen molar-refractivity contribution in [2.45, 2.75) is 17.6 Å². The van der Waals surface area contributed by atoms with Crippen LogP contribution in [0.2, 0.25) is 0 Å². The maximum absolute atomic E-state index is 5.96. The van der Waals surface area contributed by atoms with Gasteiger partial charge in [-0.2, -0.15) is 11.8 Å². The lowest BCUT2D eigenvalue weighted by molar-refractivity contribution is 0.0848. The summed E-state index contributed by atoms with van der Waals surface area (Å²) in [5.74, 6) is 4.19. The van der Waals surface area contributed by atoms with Crippen LogP contribution < -0.4 is 9.47 Å². The zero-order valence-corrected chi connectivity index (χ0v) is 12.2. The second kappa shape index (κ2) is 4.79. The molecule has 1 aromatic carbocycles. The van der Waals surface area contributed by atoms with Crippen molar-refractivity contribution in [3.05, 3.63) is 46.0 Å². The number of fused-ring (bicyclic) bond motifs is 2. The standard InChI is InChI=1S/C14H12N2O2S2/c19-14-8-6-20-7-9(8)15-13(16-14)12-5-17-10-3-1-2-4-11(10)18-12/h1-4,12H,5-7H2,(H,15,16,19). The highest BCUT2D eigenvalue weighted by atomic mass is 32.2. The van der Waals surface area contributed by atoms with Gasteiger partial charge in [-0.1, -0.05) is 24.4 Å². The predicted octanol–water partition coefficient (Wildman–Crippen LogP) is 3.40. The van der Waals surface area contributed by atoms with Crippen molar-refractivity contribution in [3.63, 3.8) is 0 Å². The number of rotatable bonds is 1. The van der Waals surface area contributed by atoms with E-state index in [-0.39, 0.29) is 6.10 Å². The molecule has 0 fully saturated rings. The van der Waals surface area contributed by atoms with Crippen LogP contribution in [0, 0.1) is 4.64 Å². The second-order valence-electron chi connectivity index (χ2n) is 4.74. The molecule has 1 atom stereocenters. The maximum atomic E-state index is 5.96. The van der Waals surface area contributed by atoms with E-state index < -0.39 is 0 Å². The fraction of sp³-hybridized carbons (Fsp3) is 0.286. The molecule has 2 aromatic rings. The van der Waals surface area contributed by atoms with Gasteiger partial charge >= 0.3 is 0 Å². The number of nitrogens with one attached hydrogen (secondary N) is 1. The van der Waals surface area contributed by atoms with Crippen molar-refractivity contribution in [2.75, 3.05) is 6.61 Å². The molecule has 6 heteroatoms. The topological polar surface area (TPSA) is 47.1 Å². The Labute approximate surface area is 125 Å². The summed E-state index contributed by atoms with van der Waals surface area (Å²) in [6, 6.07) is 7.67. The minimum absolute atomic E-state index is 0.234. The third kappa shape index (κ3) is 1.99. The maximum Gasteiger partial charge on any atom is 0.190 e. The highest BCUT2D eigenvalue weighted by molar-refractivity contribution is 7.98. The largest absolute Gasteiger partial charge is 0.485 e. The lowest BCUT2D eigenvalue weighted by atomic mass is 10.2. The molecule has 0 spiro atoms. The summed E-state index contributed by atoms with van der Waals surface area (Å²) in [5.41, 5.74) is 2.33. The molecule has 2 aliphatic rings. The molecular formula is C14H12N2O2S2. The van der Waals surface area contributed by atoms with Crippen LogP contribution in [0.5, 0.6) is 11.5 Å². The van der Waals surface area contributed by atoms with Gasteiger partial charge in [0.1, 0.15) is 11.2 Å². The second-order valence-corrected chi connectivity index (χ2v) is 6.11. The van der Waals surface area contributed by atoms with Crippen LogP contribution in [0.3, 0.4) is 0 Å². The first-order valence-electron chi connectivity index (χ1n) is 6.39. The molecule has 102 valence electrons. The van der Waals surface area contributed by atoms with Crippen molar-refractivity contribution in [1.29, 1.82) is 0 Å². The molecule has 4 rings (SSSR count). The van der Waals surface area contributed by atoms with E-state index in [9.17, 15) is 0 Å². The molecule has 20 heavy (non-hydrogen) atoms. The highest BCUT2D eigenvalue weighted by Gasteiger charge is 2.26. The van der Waals surface area contributed by atoms with Gasteiger partial charge in [-0.25, -0.2) is 4.98 Å². The number of nitrogens with zero attached hydrogens (tertiary/aromatic N) is 1. The summed E-state index contributed by atoms with van der Waals surface area (Å²) in [5, 5.41) is 0. The van der Waals surface area contributed by atoms with Crippen LogP contribution in [0.25, 0.3) is 0 Å². The predicted molar refractivity (Wildman–Crippen MR) is 79.7 cm³/mol. The van der Waals surface area contributed by atoms with E-state index in [0.717, 1.165) is 34.4 Å². The number of hydrogen-bond acceptors (Lipinski definition) is 5. The number of para-hydroxylation sites is 2. The van der Waals surface area contributed by atoms with Gasteiger partial charge in [0.15, 0.2) is 23.4 Å². The Morgan fingerprint density at radius 3 is 3.00 bits per heavy atom. The molecular weight excluding hydrogens is 292 g/mol. The van der Waals surface area contributed by atoms with E-state index in [1.165, 1.54) is 5.69 Å². The number of aromatic nitrogens is 2. The molecule has 0 amide bonds. The minimum atomic E-state index is -0.234. The van der Waals surface area contributed by atoms with Crippen molar-refractivity contribution in [1.82, 2.24) is 9.97 Å². The first-order valence-corrected chi connectivity index (χ1v) is 7.96. The van der Waals surface area contributed by atoms with E-state index in [0.29, 0.717) is 11.2 Å². The van der Waals surface area contributed by atoms with Crippen LogP contribution >= 0.6 is 24.0 Å². The normalized spacial score (nSPS) is 19.7. The van der Waals surface area contributed by atoms with Gasteiger partial charge in [0.05, 0.1) is 0 Å². The molecule has 4 nitrogen and oxygen atoms in total. The van der Waals surface area contributed by atoms with Crippen molar-refractivity contribution in [2.24, 2.45) is 0 Å². The van der Waals surface area contributed by atoms with E-state index in [2.05, 4.69) is 9.97 Å². The number of thioether (sulfide) groups is 1. The van der Waals surface area contributed by atoms with Crippen LogP contribution in [-0.2, 0) is 11.5 Å². The Balaban J connectivity index is 1.70. The lowest BCUT2D eigenvalue weighted by Gasteiger charge is -2.26. The molecule has 2 aliphatic heterocycles. The Kier molecular flexibility index (Phi) is 2.93. The first kappa shape index (κ1) is 12.2. The van der Waals surface area contributed by atoms with Crippen LogP contribution in [0.1, 0.15) is 23.2 Å². The zero-order chi connectivity index (χ0) is 13.5. The molecule has 3 heterocycles. The van der Waals surface area contributed by atoms with Gasteiger partial charge < -0.3 is 14.5 Å². The number of hydrogen-bond donors (Lipinski definition) is 1. The quantitative estimate of drug-likeness (QED) is 0.818. The van der Waals surface area contributed by atoms with E-state index in [4.69, 9.17) is 21.7 Å². The van der Waals surface area contributed by atoms with E-state index in [1.807, 2.05) is 36.0 Å². The molecule has 0 radical (unpaired) electrons. The number of ether oxygens (including phenoxy) is 2. The zero-order valence-electron chi connectivity index (χ0n) is 10.6. The van der Waals surface area contributed by atoms with Gasteiger partial charge in [0.2, 0.25) is 0 Å². The molecule has 1 unspecified atom stereocenters. The minimum Gasteiger partial charge on any atom is -0.485 e. The Morgan fingerprint density at radius 1 is 1.25 bits per heavy atom. The summed E-state index contributed by atoms with van der Waals surface area (Å²) < 4.78 is 12.4. The molecule has 0 saturated heterocycles. The van der Waals surface area contributed by atoms with Gasteiger partial charge in [-0.15, -0.1) is 0 Å². The van der Waals surface area contributed by atoms with Gasteiger partial charge in [-0.05, 0) is 12.1 Å². The average Bonchev–Trinajstić information content (AvgIpc) is 2.96. The molecule has 0 bridgehead atoms. The summed E-state index contributed by atoms with van der Waals surface area (Å²) >= 11 is 7.22. The Hall–Kier alpha value is -1.53. The average molecular weight is 304 g/mol. The molecule has 1 N–H and O–H groups in total. The van der Waals surface area contributed by atoms with Crippen molar-refractivity contribution >= 4 is 24.0 Å². The third-order valence-corrected chi connectivity index (χ3v) is 4.75. The van der Waals surface area contributed by atoms with Gasteiger partial charge in [0.25, 0.3) is 0 Å². The SMILES string of the molecule is S=c1nc(C2COc3ccccc3O2)[nH]c2c1CSC2. The van der Waals surface area contributed by atoms with E-state index >= 15 is 0 Å². The summed E-state index contributed by atoms with van der Waals surface area (Å²) in [6.07, 6.45) is -0.234. The van der Waals surface area contributed by atoms with Crippen molar-refractivity contribution in [3.8, 4) is 11.5 Å². The van der Waals surface area contributed by atoms with Crippen LogP contribution in [0.15, 0.2) is 24.3 Å². The molecule has 0 aliphatic carbocycles. The smallest absolute Gasteiger partial charge is 0.190 e. The fourth-order valence-electron chi connectivity index (χ4n) is 2.40. The highest BCUT2D eigenvalue weighted by Crippen LogP contribution is 2.36. The summed E-state index contributed by atoms with van der Waals surface area (Å²) in [4.78, 5) is 7.84. The number of benzene rings is 1. The van der Waals surface area contributed by atoms with Crippen LogP contribution in [0.4, 0.5) is 0 Å². The third-order valence-electron chi connectivity index (χ3n) is 3.43. The van der Waals surface area contributed by atoms with E-state index in [1.54, 1.807) is 0 Å². The Bertz CT molecular complexity index is 729. The number of H-pyrrole nitrogens is 1. The lowest BCUT2D eigenvalue weighted by Crippen LogP contribution is -2.24. The Morgan fingerprint density at radius 2 is 2.10 bits per heavy atom.